The molecule has 7 heteroatoms. The Morgan fingerprint density at radius 2 is 1.69 bits per heavy atom. The summed E-state index contributed by atoms with van der Waals surface area (Å²) >= 11 is 0. The molecule has 1 aliphatic rings. The van der Waals surface area contributed by atoms with E-state index in [-0.39, 0.29) is 35.6 Å². The van der Waals surface area contributed by atoms with E-state index in [1.165, 1.54) is 18.2 Å². The molecule has 0 saturated heterocycles. The van der Waals surface area contributed by atoms with Crippen LogP contribution in [0.3, 0.4) is 0 Å². The van der Waals surface area contributed by atoms with Gasteiger partial charge in [0.05, 0.1) is 40.0 Å². The molecule has 1 aromatic carbocycles. The second-order valence-corrected chi connectivity index (χ2v) is 21.2. The van der Waals surface area contributed by atoms with E-state index in [1.807, 2.05) is 0 Å². The van der Waals surface area contributed by atoms with Crippen molar-refractivity contribution in [1.29, 1.82) is 0 Å². The number of unbranched alkanes of at least 4 members (excludes halogenated alkanes) is 4. The molecule has 6 nitrogen and oxygen atoms in total. The highest BCUT2D eigenvalue weighted by Crippen LogP contribution is 2.41. The Bertz CT molecular complexity index is 1130. The third kappa shape index (κ3) is 14.6. The first-order valence-electron chi connectivity index (χ1n) is 19.1. The molecule has 0 radical (unpaired) electrons. The zero-order valence-corrected chi connectivity index (χ0v) is 33.5. The topological polar surface area (TPSA) is 72.8 Å². The van der Waals surface area contributed by atoms with E-state index >= 15 is 0 Å². The van der Waals surface area contributed by atoms with Gasteiger partial charge in [-0.3, -0.25) is 9.59 Å². The van der Waals surface area contributed by atoms with E-state index in [1.54, 1.807) is 0 Å². The highest BCUT2D eigenvalue weighted by atomic mass is 28.4. The summed E-state index contributed by atoms with van der Waals surface area (Å²) in [6.07, 6.45) is 14.0. The van der Waals surface area contributed by atoms with Gasteiger partial charge in [-0.05, 0) is 68.1 Å². The third-order valence-corrected chi connectivity index (χ3v) is 16.0. The first kappa shape index (κ1) is 42.4. The van der Waals surface area contributed by atoms with Crippen LogP contribution in [0.1, 0.15) is 123 Å². The van der Waals surface area contributed by atoms with E-state index in [0.29, 0.717) is 17.9 Å². The SMILES string of the molecule is CCCCC(C)(CC=C[C@H]1C(O)CC(=O)[C@@H]1CCCCCCC(=O)OC)O[Si](CCc1ccc(C[N+](C)(C)C)cc1)(CC(C)C)C(C)C. The van der Waals surface area contributed by atoms with Crippen LogP contribution >= 0.6 is 0 Å². The van der Waals surface area contributed by atoms with E-state index in [9.17, 15) is 14.7 Å². The number of rotatable bonds is 23. The van der Waals surface area contributed by atoms with Crippen molar-refractivity contribution in [1.82, 2.24) is 0 Å². The summed E-state index contributed by atoms with van der Waals surface area (Å²) in [5.74, 6) is 0.329. The molecule has 1 saturated carbocycles. The lowest BCUT2D eigenvalue weighted by atomic mass is 9.87. The number of Topliss-reactive ketones (excluding diaryl/α,β-unsaturated/α-hetero) is 1. The number of aliphatic hydroxyl groups excluding tert-OH is 1. The standard InChI is InChI=1S/C41H72NO5Si/c1-11-12-26-41(6,27-17-19-37-36(38(43)29-39(37)44)18-15-13-14-16-20-40(45)46-10)47-48(33(4)5,31-32(2)3)28-25-34-21-23-35(24-22-34)30-42(7,8)9/h17,19,21-24,32-33,36-37,39,44H,11-16,18,20,25-31H2,1-10H3/q+1/t36-,37-,39?,41?,48?/m1/s1. The second-order valence-electron chi connectivity index (χ2n) is 16.8. The van der Waals surface area contributed by atoms with Crippen molar-refractivity contribution in [2.24, 2.45) is 17.8 Å². The normalized spacial score (nSPS) is 21.3. The molecular formula is C41H72NO5Si+. The number of ether oxygens (including phenoxy) is 1. The van der Waals surface area contributed by atoms with Crippen LogP contribution in [0.5, 0.6) is 0 Å². The Morgan fingerprint density at radius 3 is 2.27 bits per heavy atom. The van der Waals surface area contributed by atoms with Gasteiger partial charge in [0.2, 0.25) is 0 Å². The van der Waals surface area contributed by atoms with Gasteiger partial charge >= 0.3 is 5.97 Å². The Morgan fingerprint density at radius 1 is 1.04 bits per heavy atom. The number of carbonyl (C=O) groups is 2. The van der Waals surface area contributed by atoms with Gasteiger partial charge in [0.15, 0.2) is 8.32 Å². The van der Waals surface area contributed by atoms with Gasteiger partial charge in [0.25, 0.3) is 0 Å². The molecule has 0 aromatic heterocycles. The van der Waals surface area contributed by atoms with Gasteiger partial charge in [-0.25, -0.2) is 0 Å². The van der Waals surface area contributed by atoms with Crippen LogP contribution in [0, 0.1) is 17.8 Å². The van der Waals surface area contributed by atoms with Crippen LogP contribution in [0.2, 0.25) is 17.6 Å². The summed E-state index contributed by atoms with van der Waals surface area (Å²) in [5.41, 5.74) is 2.99. The fourth-order valence-electron chi connectivity index (χ4n) is 7.64. The molecular weight excluding hydrogens is 615 g/mol. The third-order valence-electron chi connectivity index (χ3n) is 10.3. The van der Waals surface area contributed by atoms with Crippen LogP contribution in [0.4, 0.5) is 0 Å². The lowest BCUT2D eigenvalue weighted by Gasteiger charge is -2.45. The van der Waals surface area contributed by atoms with Crippen molar-refractivity contribution < 1.29 is 28.3 Å². The molecule has 5 atom stereocenters. The number of benzene rings is 1. The van der Waals surface area contributed by atoms with Crippen molar-refractivity contribution >= 4 is 20.1 Å². The van der Waals surface area contributed by atoms with Crippen LogP contribution in [0.25, 0.3) is 0 Å². The van der Waals surface area contributed by atoms with Crippen molar-refractivity contribution in [2.45, 2.75) is 154 Å². The highest BCUT2D eigenvalue weighted by Gasteiger charge is 2.44. The minimum atomic E-state index is -2.18. The van der Waals surface area contributed by atoms with Crippen LogP contribution in [-0.2, 0) is 31.7 Å². The predicted molar refractivity (Wildman–Crippen MR) is 202 cm³/mol. The Labute approximate surface area is 295 Å². The molecule has 0 heterocycles. The maximum absolute atomic E-state index is 12.9. The highest BCUT2D eigenvalue weighted by molar-refractivity contribution is 6.75. The summed E-state index contributed by atoms with van der Waals surface area (Å²) in [5, 5.41) is 10.9. The maximum atomic E-state index is 12.9. The molecule has 1 fully saturated rings. The number of aliphatic hydroxyl groups is 1. The summed E-state index contributed by atoms with van der Waals surface area (Å²) < 4.78 is 13.3. The largest absolute Gasteiger partial charge is 0.469 e. The molecule has 0 bridgehead atoms. The molecule has 0 spiro atoms. The minimum absolute atomic E-state index is 0.126. The van der Waals surface area contributed by atoms with Crippen molar-refractivity contribution in [3.63, 3.8) is 0 Å². The van der Waals surface area contributed by atoms with E-state index in [0.717, 1.165) is 87.3 Å². The molecule has 1 aromatic rings. The zero-order valence-electron chi connectivity index (χ0n) is 32.5. The molecule has 1 N–H and O–H groups in total. The van der Waals surface area contributed by atoms with Crippen molar-refractivity contribution in [3.8, 4) is 0 Å². The van der Waals surface area contributed by atoms with Gasteiger partial charge in [-0.2, -0.15) is 0 Å². The molecule has 48 heavy (non-hydrogen) atoms. The average molecular weight is 687 g/mol. The van der Waals surface area contributed by atoms with Gasteiger partial charge in [0, 0.05) is 30.2 Å². The van der Waals surface area contributed by atoms with Gasteiger partial charge in [-0.15, -0.1) is 0 Å². The van der Waals surface area contributed by atoms with Crippen LogP contribution in [0.15, 0.2) is 36.4 Å². The van der Waals surface area contributed by atoms with Crippen LogP contribution < -0.4 is 0 Å². The molecule has 3 unspecified atom stereocenters. The fourth-order valence-corrected chi connectivity index (χ4v) is 12.6. The number of aryl methyl sites for hydroxylation is 1. The first-order chi connectivity index (χ1) is 22.5. The lowest BCUT2D eigenvalue weighted by Crippen LogP contribution is -2.50. The van der Waals surface area contributed by atoms with Crippen molar-refractivity contribution in [3.05, 3.63) is 47.5 Å². The van der Waals surface area contributed by atoms with E-state index in [2.05, 4.69) is 99.1 Å². The lowest BCUT2D eigenvalue weighted by molar-refractivity contribution is -0.884. The average Bonchev–Trinajstić information content (AvgIpc) is 3.27. The van der Waals surface area contributed by atoms with Gasteiger partial charge in [-0.1, -0.05) is 103 Å². The van der Waals surface area contributed by atoms with Crippen molar-refractivity contribution in [2.75, 3.05) is 28.3 Å². The number of esters is 1. The number of hydrogen-bond donors (Lipinski definition) is 1. The quantitative estimate of drug-likeness (QED) is 0.0408. The number of methoxy groups -OCH3 is 1. The molecule has 0 amide bonds. The number of nitrogens with zero attached hydrogens (tertiary/aromatic N) is 1. The number of quaternary nitrogens is 1. The first-order valence-corrected chi connectivity index (χ1v) is 21.5. The summed E-state index contributed by atoms with van der Waals surface area (Å²) in [4.78, 5) is 24.3. The molecule has 274 valence electrons. The monoisotopic (exact) mass is 687 g/mol. The Kier molecular flexibility index (Phi) is 17.8. The Balaban J connectivity index is 2.18. The molecule has 0 aliphatic heterocycles. The predicted octanol–water partition coefficient (Wildman–Crippen LogP) is 9.44. The number of carbonyl (C=O) groups excluding carboxylic acids is 2. The number of hydrogen-bond acceptors (Lipinski definition) is 5. The van der Waals surface area contributed by atoms with Gasteiger partial charge in [0.1, 0.15) is 12.3 Å². The molecule has 1 aliphatic carbocycles. The summed E-state index contributed by atoms with van der Waals surface area (Å²) in [6.45, 7) is 15.0. The number of ketones is 1. The van der Waals surface area contributed by atoms with Gasteiger partial charge < -0.3 is 18.8 Å². The molecule has 2 rings (SSSR count). The zero-order chi connectivity index (χ0) is 36.0. The second kappa shape index (κ2) is 20.1. The summed E-state index contributed by atoms with van der Waals surface area (Å²) in [7, 11) is 5.94. The van der Waals surface area contributed by atoms with E-state index in [4.69, 9.17) is 9.16 Å². The Hall–Kier alpha value is -1.80. The van der Waals surface area contributed by atoms with E-state index < -0.39 is 14.4 Å². The van der Waals surface area contributed by atoms with Crippen LogP contribution in [-0.4, -0.2) is 69.6 Å². The summed E-state index contributed by atoms with van der Waals surface area (Å²) in [6, 6.07) is 11.5. The fraction of sp³-hybridized carbons (Fsp3) is 0.756. The maximum Gasteiger partial charge on any atom is 0.305 e. The minimum Gasteiger partial charge on any atom is -0.469 e. The smallest absolute Gasteiger partial charge is 0.305 e.